The maximum absolute atomic E-state index is 12.7. The van der Waals surface area contributed by atoms with E-state index in [4.69, 9.17) is 5.11 Å². The van der Waals surface area contributed by atoms with Crippen LogP contribution < -0.4 is 15.8 Å². The van der Waals surface area contributed by atoms with Gasteiger partial charge < -0.3 is 19.9 Å². The lowest BCUT2D eigenvalue weighted by Crippen LogP contribution is -2.34. The Hall–Kier alpha value is -3.35. The van der Waals surface area contributed by atoms with Crippen molar-refractivity contribution in [3.63, 3.8) is 0 Å². The van der Waals surface area contributed by atoms with Crippen molar-refractivity contribution in [2.75, 3.05) is 23.3 Å². The van der Waals surface area contributed by atoms with Crippen LogP contribution in [-0.4, -0.2) is 34.6 Å². The summed E-state index contributed by atoms with van der Waals surface area (Å²) < 4.78 is 1.64. The quantitative estimate of drug-likeness (QED) is 0.703. The van der Waals surface area contributed by atoms with Crippen molar-refractivity contribution in [1.82, 2.24) is 4.57 Å². The van der Waals surface area contributed by atoms with Crippen LogP contribution in [0.1, 0.15) is 49.7 Å². The van der Waals surface area contributed by atoms with E-state index in [1.54, 1.807) is 11.6 Å². The van der Waals surface area contributed by atoms with Crippen molar-refractivity contribution in [2.45, 2.75) is 44.9 Å². The number of nitrogens with one attached hydrogen (secondary N) is 1. The number of carbonyl (C=O) groups is 2. The Kier molecular flexibility index (Phi) is 5.35. The van der Waals surface area contributed by atoms with Gasteiger partial charge in [0.25, 0.3) is 5.56 Å². The minimum Gasteiger partial charge on any atom is -0.481 e. The highest BCUT2D eigenvalue weighted by molar-refractivity contribution is 5.95. The first-order valence-corrected chi connectivity index (χ1v) is 11.7. The molecule has 7 heteroatoms. The smallest absolute Gasteiger partial charge is 0.303 e. The maximum Gasteiger partial charge on any atom is 0.303 e. The lowest BCUT2D eigenvalue weighted by atomic mass is 9.91. The van der Waals surface area contributed by atoms with Crippen molar-refractivity contribution >= 4 is 29.3 Å². The van der Waals surface area contributed by atoms with Crippen molar-refractivity contribution < 1.29 is 14.7 Å². The number of allylic oxidation sites excluding steroid dienone is 1. The third-order valence-electron chi connectivity index (χ3n) is 7.38. The number of benzene rings is 1. The molecular weight excluding hydrogens is 418 g/mol. The molecule has 33 heavy (non-hydrogen) atoms. The third kappa shape index (κ3) is 4.19. The number of aromatic nitrogens is 1. The fraction of sp³-hybridized carbons (Fsp3) is 0.423. The standard InChI is InChI=1S/C26H29N3O4/c1-28-16-21(18-3-2-4-19(18)25(28)33)20-15-17(27-23(30)7-8-24(31)32)5-6-22(20)29-13-11-26(9-10-26)12-14-29/h2-3,5-6,15-16H,4,7-14H2,1H3,(H,27,30)(H,31,32). The van der Waals surface area contributed by atoms with Gasteiger partial charge in [0.05, 0.1) is 6.42 Å². The highest BCUT2D eigenvalue weighted by Crippen LogP contribution is 2.54. The summed E-state index contributed by atoms with van der Waals surface area (Å²) in [5.41, 5.74) is 6.03. The van der Waals surface area contributed by atoms with Gasteiger partial charge in [-0.1, -0.05) is 12.2 Å². The van der Waals surface area contributed by atoms with Gasteiger partial charge in [0.15, 0.2) is 0 Å². The van der Waals surface area contributed by atoms with Crippen LogP contribution in [-0.2, 0) is 23.1 Å². The lowest BCUT2D eigenvalue weighted by Gasteiger charge is -2.35. The van der Waals surface area contributed by atoms with Gasteiger partial charge in [-0.05, 0) is 61.3 Å². The van der Waals surface area contributed by atoms with Crippen LogP contribution in [0.3, 0.4) is 0 Å². The first-order valence-electron chi connectivity index (χ1n) is 11.7. The van der Waals surface area contributed by atoms with Crippen LogP contribution in [0.2, 0.25) is 0 Å². The van der Waals surface area contributed by atoms with Gasteiger partial charge in [-0.15, -0.1) is 0 Å². The average Bonchev–Trinajstić information content (AvgIpc) is 3.36. The summed E-state index contributed by atoms with van der Waals surface area (Å²) in [6.45, 7) is 2.00. The number of carbonyl (C=O) groups excluding carboxylic acids is 1. The van der Waals surface area contributed by atoms with E-state index in [1.807, 2.05) is 36.5 Å². The molecule has 1 spiro atoms. The molecule has 172 valence electrons. The lowest BCUT2D eigenvalue weighted by molar-refractivity contribution is -0.138. The number of aryl methyl sites for hydroxylation is 1. The Morgan fingerprint density at radius 2 is 1.85 bits per heavy atom. The summed E-state index contributed by atoms with van der Waals surface area (Å²) in [4.78, 5) is 38.2. The number of rotatable bonds is 6. The van der Waals surface area contributed by atoms with Gasteiger partial charge in [-0.2, -0.15) is 0 Å². The molecule has 0 radical (unpaired) electrons. The molecular formula is C26H29N3O4. The number of anilines is 2. The topological polar surface area (TPSA) is 91.6 Å². The van der Waals surface area contributed by atoms with E-state index >= 15 is 0 Å². The number of hydrogen-bond acceptors (Lipinski definition) is 4. The van der Waals surface area contributed by atoms with Crippen LogP contribution >= 0.6 is 0 Å². The fourth-order valence-electron chi connectivity index (χ4n) is 5.16. The second-order valence-electron chi connectivity index (χ2n) is 9.62. The van der Waals surface area contributed by atoms with Gasteiger partial charge in [-0.3, -0.25) is 14.4 Å². The maximum atomic E-state index is 12.7. The molecule has 1 aliphatic heterocycles. The average molecular weight is 448 g/mol. The first-order chi connectivity index (χ1) is 15.8. The van der Waals surface area contributed by atoms with E-state index < -0.39 is 5.97 Å². The summed E-state index contributed by atoms with van der Waals surface area (Å²) in [5.74, 6) is -1.32. The molecule has 0 unspecified atom stereocenters. The van der Waals surface area contributed by atoms with Crippen molar-refractivity contribution in [1.29, 1.82) is 0 Å². The van der Waals surface area contributed by atoms with Crippen molar-refractivity contribution in [2.24, 2.45) is 12.5 Å². The number of carboxylic acids is 1. The molecule has 1 aromatic carbocycles. The van der Waals surface area contributed by atoms with E-state index in [1.165, 1.54) is 25.7 Å². The normalized spacial score (nSPS) is 17.8. The van der Waals surface area contributed by atoms with Crippen LogP contribution in [0.25, 0.3) is 17.2 Å². The predicted octanol–water partition coefficient (Wildman–Crippen LogP) is 3.81. The van der Waals surface area contributed by atoms with E-state index in [2.05, 4.69) is 10.2 Å². The van der Waals surface area contributed by atoms with E-state index in [-0.39, 0.29) is 24.3 Å². The van der Waals surface area contributed by atoms with Crippen molar-refractivity contribution in [3.05, 3.63) is 52.0 Å². The second-order valence-corrected chi connectivity index (χ2v) is 9.62. The molecule has 2 aromatic rings. The van der Waals surface area contributed by atoms with Gasteiger partial charge >= 0.3 is 5.97 Å². The minimum atomic E-state index is -0.993. The third-order valence-corrected chi connectivity index (χ3v) is 7.38. The largest absolute Gasteiger partial charge is 0.481 e. The molecule has 1 saturated carbocycles. The highest BCUT2D eigenvalue weighted by atomic mass is 16.4. The first kappa shape index (κ1) is 21.5. The van der Waals surface area contributed by atoms with Gasteiger partial charge in [0.1, 0.15) is 0 Å². The summed E-state index contributed by atoms with van der Waals surface area (Å²) in [6.07, 6.45) is 11.4. The Morgan fingerprint density at radius 3 is 2.55 bits per heavy atom. The van der Waals surface area contributed by atoms with Crippen LogP contribution in [0.15, 0.2) is 35.3 Å². The molecule has 2 aliphatic carbocycles. The van der Waals surface area contributed by atoms with Crippen LogP contribution in [0.5, 0.6) is 0 Å². The Bertz CT molecular complexity index is 1210. The molecule has 2 heterocycles. The zero-order valence-electron chi connectivity index (χ0n) is 18.9. The molecule has 5 rings (SSSR count). The number of nitrogens with zero attached hydrogens (tertiary/aromatic N) is 2. The molecule has 1 aromatic heterocycles. The summed E-state index contributed by atoms with van der Waals surface area (Å²) in [6, 6.07) is 5.89. The highest BCUT2D eigenvalue weighted by Gasteiger charge is 2.44. The number of carboxylic acid groups (broad SMARTS) is 1. The molecule has 1 saturated heterocycles. The second kappa shape index (κ2) is 8.21. The Balaban J connectivity index is 1.53. The molecule has 2 N–H and O–H groups in total. The predicted molar refractivity (Wildman–Crippen MR) is 128 cm³/mol. The zero-order valence-corrected chi connectivity index (χ0v) is 18.9. The van der Waals surface area contributed by atoms with E-state index in [9.17, 15) is 14.4 Å². The van der Waals surface area contributed by atoms with Crippen LogP contribution in [0.4, 0.5) is 11.4 Å². The van der Waals surface area contributed by atoms with Crippen LogP contribution in [0, 0.1) is 5.41 Å². The van der Waals surface area contributed by atoms with Gasteiger partial charge in [-0.25, -0.2) is 0 Å². The zero-order chi connectivity index (χ0) is 23.2. The number of hydrogen-bond donors (Lipinski definition) is 2. The van der Waals surface area contributed by atoms with Gasteiger partial charge in [0, 0.05) is 60.8 Å². The molecule has 0 atom stereocenters. The Morgan fingerprint density at radius 1 is 1.09 bits per heavy atom. The fourth-order valence-corrected chi connectivity index (χ4v) is 5.16. The molecule has 2 fully saturated rings. The van der Waals surface area contributed by atoms with Crippen molar-refractivity contribution in [3.8, 4) is 11.1 Å². The summed E-state index contributed by atoms with van der Waals surface area (Å²) in [7, 11) is 1.78. The Labute approximate surface area is 192 Å². The molecule has 3 aliphatic rings. The number of aliphatic carboxylic acids is 1. The number of amides is 1. The number of pyridine rings is 1. The molecule has 1 amide bonds. The summed E-state index contributed by atoms with van der Waals surface area (Å²) in [5, 5.41) is 11.7. The summed E-state index contributed by atoms with van der Waals surface area (Å²) >= 11 is 0. The van der Waals surface area contributed by atoms with E-state index in [0.717, 1.165) is 41.0 Å². The molecule has 0 bridgehead atoms. The van der Waals surface area contributed by atoms with Gasteiger partial charge in [0.2, 0.25) is 5.91 Å². The minimum absolute atomic E-state index is 0.0204. The monoisotopic (exact) mass is 447 g/mol. The molecule has 7 nitrogen and oxygen atoms in total. The van der Waals surface area contributed by atoms with E-state index in [0.29, 0.717) is 17.5 Å². The SMILES string of the molecule is Cn1cc(-c2cc(NC(=O)CCC(=O)O)ccc2N2CCC3(CC2)CC3)c2c(c1=O)CC=C2. The number of fused-ring (bicyclic) bond motifs is 1. The number of piperidine rings is 1.